The van der Waals surface area contributed by atoms with Crippen LogP contribution in [0.3, 0.4) is 0 Å². The summed E-state index contributed by atoms with van der Waals surface area (Å²) in [5, 5.41) is 3.89. The highest BCUT2D eigenvalue weighted by molar-refractivity contribution is 8.13. The third-order valence-electron chi connectivity index (χ3n) is 1.48. The van der Waals surface area contributed by atoms with Crippen LogP contribution in [0.4, 0.5) is 0 Å². The first-order chi connectivity index (χ1) is 6.47. The monoisotopic (exact) mass is 238 g/mol. The van der Waals surface area contributed by atoms with E-state index in [1.807, 2.05) is 0 Å². The summed E-state index contributed by atoms with van der Waals surface area (Å²) in [7, 11) is 3.39. The quantitative estimate of drug-likeness (QED) is 0.561. The van der Waals surface area contributed by atoms with Gasteiger partial charge in [0.15, 0.2) is 5.75 Å². The topological polar surface area (TPSA) is 61.2 Å². The SMILES string of the molecule is Cn1cc(OCCCS(=O)(=O)Cl)cn1. The minimum Gasteiger partial charge on any atom is -0.490 e. The average Bonchev–Trinajstić information content (AvgIpc) is 2.44. The molecule has 0 N–H and O–H groups in total. The maximum Gasteiger partial charge on any atom is 0.232 e. The van der Waals surface area contributed by atoms with E-state index in [2.05, 4.69) is 5.10 Å². The summed E-state index contributed by atoms with van der Waals surface area (Å²) in [6.07, 6.45) is 3.64. The van der Waals surface area contributed by atoms with Crippen LogP contribution in [0.2, 0.25) is 0 Å². The predicted octanol–water partition coefficient (Wildman–Crippen LogP) is 0.758. The molecule has 0 aromatic carbocycles. The highest BCUT2D eigenvalue weighted by Crippen LogP contribution is 2.07. The molecule has 5 nitrogen and oxygen atoms in total. The number of hydrogen-bond donors (Lipinski definition) is 0. The van der Waals surface area contributed by atoms with E-state index in [-0.39, 0.29) is 5.75 Å². The first-order valence-corrected chi connectivity index (χ1v) is 6.49. The van der Waals surface area contributed by atoms with Crippen LogP contribution < -0.4 is 4.74 Å². The Kier molecular flexibility index (Phi) is 3.77. The number of aromatic nitrogens is 2. The van der Waals surface area contributed by atoms with Gasteiger partial charge < -0.3 is 4.74 Å². The van der Waals surface area contributed by atoms with Crippen molar-refractivity contribution < 1.29 is 13.2 Å². The number of hydrogen-bond acceptors (Lipinski definition) is 4. The molecule has 80 valence electrons. The lowest BCUT2D eigenvalue weighted by Gasteiger charge is -2.00. The second-order valence-corrected chi connectivity index (χ2v) is 5.69. The highest BCUT2D eigenvalue weighted by atomic mass is 35.7. The van der Waals surface area contributed by atoms with Crippen molar-refractivity contribution in [2.75, 3.05) is 12.4 Å². The van der Waals surface area contributed by atoms with E-state index < -0.39 is 9.05 Å². The van der Waals surface area contributed by atoms with Gasteiger partial charge in [-0.05, 0) is 6.42 Å². The van der Waals surface area contributed by atoms with Crippen molar-refractivity contribution >= 4 is 19.7 Å². The van der Waals surface area contributed by atoms with Gasteiger partial charge in [-0.25, -0.2) is 8.42 Å². The van der Waals surface area contributed by atoms with Crippen molar-refractivity contribution in [3.63, 3.8) is 0 Å². The van der Waals surface area contributed by atoms with Crippen molar-refractivity contribution in [3.8, 4) is 5.75 Å². The second-order valence-electron chi connectivity index (χ2n) is 2.79. The van der Waals surface area contributed by atoms with Crippen LogP contribution in [0.25, 0.3) is 0 Å². The van der Waals surface area contributed by atoms with E-state index in [9.17, 15) is 8.42 Å². The van der Waals surface area contributed by atoms with Gasteiger partial charge in [-0.15, -0.1) is 0 Å². The standard InChI is InChI=1S/C7H11ClN2O3S/c1-10-6-7(5-9-10)13-3-2-4-14(8,11)12/h5-6H,2-4H2,1H3. The zero-order valence-electron chi connectivity index (χ0n) is 7.68. The van der Waals surface area contributed by atoms with Gasteiger partial charge >= 0.3 is 0 Å². The van der Waals surface area contributed by atoms with Gasteiger partial charge in [0, 0.05) is 17.7 Å². The van der Waals surface area contributed by atoms with E-state index in [1.165, 1.54) is 0 Å². The minimum absolute atomic E-state index is 0.0746. The van der Waals surface area contributed by atoms with Crippen LogP contribution >= 0.6 is 10.7 Å². The minimum atomic E-state index is -3.40. The molecule has 0 saturated heterocycles. The molecule has 0 atom stereocenters. The van der Waals surface area contributed by atoms with Gasteiger partial charge in [-0.3, -0.25) is 4.68 Å². The number of ether oxygens (including phenoxy) is 1. The molecule has 1 heterocycles. The maximum atomic E-state index is 10.5. The molecule has 0 aliphatic rings. The van der Waals surface area contributed by atoms with Gasteiger partial charge in [-0.1, -0.05) is 0 Å². The summed E-state index contributed by atoms with van der Waals surface area (Å²) < 4.78 is 27.9. The van der Waals surface area contributed by atoms with E-state index in [4.69, 9.17) is 15.4 Å². The molecule has 1 aromatic heterocycles. The van der Waals surface area contributed by atoms with Crippen molar-refractivity contribution in [2.45, 2.75) is 6.42 Å². The molecule has 1 rings (SSSR count). The van der Waals surface area contributed by atoms with E-state index in [0.29, 0.717) is 18.8 Å². The summed E-state index contributed by atoms with van der Waals surface area (Å²) in [5.41, 5.74) is 0. The molecule has 0 amide bonds. The van der Waals surface area contributed by atoms with E-state index in [1.54, 1.807) is 24.1 Å². The van der Waals surface area contributed by atoms with Gasteiger partial charge in [-0.2, -0.15) is 5.10 Å². The first kappa shape index (κ1) is 11.3. The number of rotatable bonds is 5. The van der Waals surface area contributed by atoms with Gasteiger partial charge in [0.05, 0.1) is 24.8 Å². The van der Waals surface area contributed by atoms with Crippen molar-refractivity contribution in [3.05, 3.63) is 12.4 Å². The molecular weight excluding hydrogens is 228 g/mol. The van der Waals surface area contributed by atoms with E-state index >= 15 is 0 Å². The fourth-order valence-electron chi connectivity index (χ4n) is 0.895. The van der Waals surface area contributed by atoms with Crippen LogP contribution in [0.15, 0.2) is 12.4 Å². The molecule has 0 aliphatic heterocycles. The summed E-state index contributed by atoms with van der Waals surface area (Å²) >= 11 is 0. The lowest BCUT2D eigenvalue weighted by molar-refractivity contribution is 0.317. The summed E-state index contributed by atoms with van der Waals surface area (Å²) in [6, 6.07) is 0. The lowest BCUT2D eigenvalue weighted by atomic mass is 10.5. The Hall–Kier alpha value is -0.750. The van der Waals surface area contributed by atoms with Crippen LogP contribution in [0.1, 0.15) is 6.42 Å². The summed E-state index contributed by atoms with van der Waals surface area (Å²) in [4.78, 5) is 0. The molecule has 0 radical (unpaired) electrons. The molecule has 0 saturated carbocycles. The Morgan fingerprint density at radius 2 is 2.36 bits per heavy atom. The van der Waals surface area contributed by atoms with Crippen molar-refractivity contribution in [2.24, 2.45) is 7.05 Å². The molecule has 7 heteroatoms. The van der Waals surface area contributed by atoms with Crippen LogP contribution in [-0.4, -0.2) is 30.6 Å². The summed E-state index contributed by atoms with van der Waals surface area (Å²) in [5.74, 6) is 0.550. The normalized spacial score (nSPS) is 11.6. The average molecular weight is 239 g/mol. The van der Waals surface area contributed by atoms with Gasteiger partial charge in [0.2, 0.25) is 9.05 Å². The smallest absolute Gasteiger partial charge is 0.232 e. The molecule has 0 unspecified atom stereocenters. The van der Waals surface area contributed by atoms with Crippen molar-refractivity contribution in [1.82, 2.24) is 9.78 Å². The molecule has 14 heavy (non-hydrogen) atoms. The van der Waals surface area contributed by atoms with Gasteiger partial charge in [0.25, 0.3) is 0 Å². The molecule has 0 fully saturated rings. The summed E-state index contributed by atoms with van der Waals surface area (Å²) in [6.45, 7) is 0.317. The highest BCUT2D eigenvalue weighted by Gasteiger charge is 2.04. The first-order valence-electron chi connectivity index (χ1n) is 4.01. The predicted molar refractivity (Wildman–Crippen MR) is 53.0 cm³/mol. The lowest BCUT2D eigenvalue weighted by Crippen LogP contribution is -2.04. The molecule has 0 aliphatic carbocycles. The molecular formula is C7H11ClN2O3S. The van der Waals surface area contributed by atoms with Gasteiger partial charge in [0.1, 0.15) is 0 Å². The van der Waals surface area contributed by atoms with E-state index in [0.717, 1.165) is 0 Å². The second kappa shape index (κ2) is 4.65. The molecule has 0 spiro atoms. The number of halogens is 1. The Morgan fingerprint density at radius 1 is 1.64 bits per heavy atom. The zero-order chi connectivity index (χ0) is 10.6. The van der Waals surface area contributed by atoms with Crippen LogP contribution in [-0.2, 0) is 16.1 Å². The van der Waals surface area contributed by atoms with Crippen molar-refractivity contribution in [1.29, 1.82) is 0 Å². The Labute approximate surface area is 87.0 Å². The molecule has 0 bridgehead atoms. The fourth-order valence-corrected chi connectivity index (χ4v) is 1.68. The third-order valence-corrected chi connectivity index (χ3v) is 2.72. The fraction of sp³-hybridized carbons (Fsp3) is 0.571. The molecule has 1 aromatic rings. The van der Waals surface area contributed by atoms with Crippen LogP contribution in [0, 0.1) is 0 Å². The van der Waals surface area contributed by atoms with Crippen LogP contribution in [0.5, 0.6) is 5.75 Å². The third kappa shape index (κ3) is 4.48. The number of aryl methyl sites for hydroxylation is 1. The Morgan fingerprint density at radius 3 is 2.86 bits per heavy atom. The Balaban J connectivity index is 2.23. The zero-order valence-corrected chi connectivity index (χ0v) is 9.25. The number of nitrogens with zero attached hydrogens (tertiary/aromatic N) is 2. The largest absolute Gasteiger partial charge is 0.490 e. The maximum absolute atomic E-state index is 10.5. The Bertz CT molecular complexity index is 387.